The standard InChI is InChI=1S/C17H11Cl2NO/c18-14-5-3-4-12(10-14)13-8-9-17(21)20(11-13)16-7-2-1-6-15(16)19/h1-11H. The molecule has 0 bridgehead atoms. The Kier molecular flexibility index (Phi) is 3.82. The second-order valence-electron chi connectivity index (χ2n) is 4.59. The van der Waals surface area contributed by atoms with Gasteiger partial charge in [0.25, 0.3) is 5.56 Å². The fourth-order valence-electron chi connectivity index (χ4n) is 2.16. The van der Waals surface area contributed by atoms with Crippen LogP contribution in [-0.2, 0) is 0 Å². The smallest absolute Gasteiger partial charge is 0.255 e. The molecule has 0 N–H and O–H groups in total. The highest BCUT2D eigenvalue weighted by Crippen LogP contribution is 2.24. The van der Waals surface area contributed by atoms with Gasteiger partial charge in [0.1, 0.15) is 0 Å². The molecule has 0 amide bonds. The van der Waals surface area contributed by atoms with Gasteiger partial charge in [0, 0.05) is 17.3 Å². The van der Waals surface area contributed by atoms with Gasteiger partial charge in [0.15, 0.2) is 0 Å². The Hall–Kier alpha value is -2.03. The van der Waals surface area contributed by atoms with E-state index in [2.05, 4.69) is 0 Å². The number of rotatable bonds is 2. The molecule has 0 aliphatic rings. The average molecular weight is 316 g/mol. The van der Waals surface area contributed by atoms with Crippen molar-refractivity contribution >= 4 is 23.2 Å². The van der Waals surface area contributed by atoms with E-state index >= 15 is 0 Å². The largest absolute Gasteiger partial charge is 0.282 e. The van der Waals surface area contributed by atoms with Crippen molar-refractivity contribution in [1.82, 2.24) is 4.57 Å². The molecule has 0 saturated carbocycles. The minimum atomic E-state index is -0.131. The monoisotopic (exact) mass is 315 g/mol. The van der Waals surface area contributed by atoms with Crippen LogP contribution in [0.4, 0.5) is 0 Å². The Balaban J connectivity index is 2.18. The van der Waals surface area contributed by atoms with Crippen LogP contribution < -0.4 is 5.56 Å². The lowest BCUT2D eigenvalue weighted by Gasteiger charge is -2.10. The van der Waals surface area contributed by atoms with E-state index in [1.54, 1.807) is 22.9 Å². The van der Waals surface area contributed by atoms with Crippen molar-refractivity contribution in [2.75, 3.05) is 0 Å². The molecule has 0 radical (unpaired) electrons. The molecule has 0 fully saturated rings. The zero-order chi connectivity index (χ0) is 14.8. The maximum Gasteiger partial charge on any atom is 0.255 e. The molecule has 2 aromatic carbocycles. The Morgan fingerprint density at radius 3 is 2.38 bits per heavy atom. The summed E-state index contributed by atoms with van der Waals surface area (Å²) in [4.78, 5) is 12.1. The van der Waals surface area contributed by atoms with E-state index in [1.807, 2.05) is 42.5 Å². The summed E-state index contributed by atoms with van der Waals surface area (Å²) in [5.74, 6) is 0. The van der Waals surface area contributed by atoms with Crippen LogP contribution in [0.15, 0.2) is 71.7 Å². The molecule has 0 atom stereocenters. The molecule has 0 unspecified atom stereocenters. The highest BCUT2D eigenvalue weighted by Gasteiger charge is 2.06. The quantitative estimate of drug-likeness (QED) is 0.665. The maximum absolute atomic E-state index is 12.1. The van der Waals surface area contributed by atoms with E-state index in [4.69, 9.17) is 23.2 Å². The predicted molar refractivity (Wildman–Crippen MR) is 87.5 cm³/mol. The fourth-order valence-corrected chi connectivity index (χ4v) is 2.58. The molecule has 21 heavy (non-hydrogen) atoms. The first-order valence-electron chi connectivity index (χ1n) is 6.39. The lowest BCUT2D eigenvalue weighted by atomic mass is 10.1. The van der Waals surface area contributed by atoms with Crippen LogP contribution >= 0.6 is 23.2 Å². The van der Waals surface area contributed by atoms with Crippen molar-refractivity contribution in [3.05, 3.63) is 87.3 Å². The average Bonchev–Trinajstić information content (AvgIpc) is 2.49. The van der Waals surface area contributed by atoms with Crippen molar-refractivity contribution in [1.29, 1.82) is 0 Å². The zero-order valence-electron chi connectivity index (χ0n) is 11.0. The van der Waals surface area contributed by atoms with Gasteiger partial charge < -0.3 is 0 Å². The highest BCUT2D eigenvalue weighted by atomic mass is 35.5. The first kappa shape index (κ1) is 13.9. The highest BCUT2D eigenvalue weighted by molar-refractivity contribution is 6.32. The summed E-state index contributed by atoms with van der Waals surface area (Å²) in [5.41, 5.74) is 2.38. The molecule has 0 aliphatic heterocycles. The van der Waals surface area contributed by atoms with Crippen molar-refractivity contribution in [3.8, 4) is 16.8 Å². The zero-order valence-corrected chi connectivity index (χ0v) is 12.5. The predicted octanol–water partition coefficient (Wildman–Crippen LogP) is 4.81. The Morgan fingerprint density at radius 1 is 0.810 bits per heavy atom. The van der Waals surface area contributed by atoms with Gasteiger partial charge in [-0.05, 0) is 41.5 Å². The summed E-state index contributed by atoms with van der Waals surface area (Å²) in [6, 6.07) is 18.1. The molecule has 104 valence electrons. The van der Waals surface area contributed by atoms with Gasteiger partial charge in [-0.25, -0.2) is 0 Å². The van der Waals surface area contributed by atoms with Crippen LogP contribution in [-0.4, -0.2) is 4.57 Å². The molecule has 3 rings (SSSR count). The van der Waals surface area contributed by atoms with E-state index < -0.39 is 0 Å². The number of hydrogen-bond donors (Lipinski definition) is 0. The fraction of sp³-hybridized carbons (Fsp3) is 0. The minimum absolute atomic E-state index is 0.131. The maximum atomic E-state index is 12.1. The number of pyridine rings is 1. The summed E-state index contributed by atoms with van der Waals surface area (Å²) in [7, 11) is 0. The number of hydrogen-bond acceptors (Lipinski definition) is 1. The van der Waals surface area contributed by atoms with Crippen LogP contribution in [0.5, 0.6) is 0 Å². The van der Waals surface area contributed by atoms with Crippen LogP contribution in [0, 0.1) is 0 Å². The number of nitrogens with zero attached hydrogens (tertiary/aromatic N) is 1. The van der Waals surface area contributed by atoms with Gasteiger partial charge in [-0.15, -0.1) is 0 Å². The minimum Gasteiger partial charge on any atom is -0.282 e. The number of halogens is 2. The third-order valence-corrected chi connectivity index (χ3v) is 3.74. The van der Waals surface area contributed by atoms with Gasteiger partial charge in [-0.3, -0.25) is 9.36 Å². The molecule has 1 aromatic heterocycles. The molecule has 1 heterocycles. The van der Waals surface area contributed by atoms with Crippen LogP contribution in [0.2, 0.25) is 10.0 Å². The van der Waals surface area contributed by atoms with Gasteiger partial charge in [0.2, 0.25) is 0 Å². The first-order chi connectivity index (χ1) is 10.1. The van der Waals surface area contributed by atoms with E-state index in [0.717, 1.165) is 11.1 Å². The molecule has 3 aromatic rings. The SMILES string of the molecule is O=c1ccc(-c2cccc(Cl)c2)cn1-c1ccccc1Cl. The number of para-hydroxylation sites is 1. The summed E-state index contributed by atoms with van der Waals surface area (Å²) in [6.07, 6.45) is 1.77. The Bertz CT molecular complexity index is 855. The lowest BCUT2D eigenvalue weighted by molar-refractivity contribution is 0.993. The second kappa shape index (κ2) is 5.76. The van der Waals surface area contributed by atoms with E-state index in [1.165, 1.54) is 6.07 Å². The molecule has 4 heteroatoms. The Labute approximate surface area is 132 Å². The topological polar surface area (TPSA) is 22.0 Å². The lowest BCUT2D eigenvalue weighted by Crippen LogP contribution is -2.16. The van der Waals surface area contributed by atoms with Crippen molar-refractivity contribution in [3.63, 3.8) is 0 Å². The molecule has 0 aliphatic carbocycles. The van der Waals surface area contributed by atoms with Crippen molar-refractivity contribution < 1.29 is 0 Å². The second-order valence-corrected chi connectivity index (χ2v) is 5.43. The van der Waals surface area contributed by atoms with E-state index in [0.29, 0.717) is 15.7 Å². The van der Waals surface area contributed by atoms with Gasteiger partial charge in [-0.2, -0.15) is 0 Å². The van der Waals surface area contributed by atoms with Gasteiger partial charge in [0.05, 0.1) is 10.7 Å². The normalized spacial score (nSPS) is 10.6. The number of aromatic nitrogens is 1. The first-order valence-corrected chi connectivity index (χ1v) is 7.14. The van der Waals surface area contributed by atoms with E-state index in [9.17, 15) is 4.79 Å². The third-order valence-electron chi connectivity index (χ3n) is 3.18. The van der Waals surface area contributed by atoms with Crippen LogP contribution in [0.25, 0.3) is 16.8 Å². The number of benzene rings is 2. The summed E-state index contributed by atoms with van der Waals surface area (Å²) >= 11 is 12.2. The molecule has 2 nitrogen and oxygen atoms in total. The van der Waals surface area contributed by atoms with E-state index in [-0.39, 0.29) is 5.56 Å². The van der Waals surface area contributed by atoms with Gasteiger partial charge >= 0.3 is 0 Å². The van der Waals surface area contributed by atoms with Crippen LogP contribution in [0.3, 0.4) is 0 Å². The Morgan fingerprint density at radius 2 is 1.62 bits per heavy atom. The summed E-state index contributed by atoms with van der Waals surface area (Å²) < 4.78 is 1.54. The molecule has 0 saturated heterocycles. The van der Waals surface area contributed by atoms with Gasteiger partial charge in [-0.1, -0.05) is 47.5 Å². The third kappa shape index (κ3) is 2.87. The molecular weight excluding hydrogens is 305 g/mol. The van der Waals surface area contributed by atoms with Crippen LogP contribution in [0.1, 0.15) is 0 Å². The summed E-state index contributed by atoms with van der Waals surface area (Å²) in [5, 5.41) is 1.19. The van der Waals surface area contributed by atoms with Crippen molar-refractivity contribution in [2.45, 2.75) is 0 Å². The molecule has 0 spiro atoms. The van der Waals surface area contributed by atoms with Crippen molar-refractivity contribution in [2.24, 2.45) is 0 Å². The summed E-state index contributed by atoms with van der Waals surface area (Å²) in [6.45, 7) is 0. The molecular formula is C17H11Cl2NO.